The number of imidazole rings is 1. The number of esters is 1. The molecule has 0 fully saturated rings. The summed E-state index contributed by atoms with van der Waals surface area (Å²) in [4.78, 5) is 34.5. The Bertz CT molecular complexity index is 1120. The van der Waals surface area contributed by atoms with Gasteiger partial charge < -0.3 is 9.30 Å². The van der Waals surface area contributed by atoms with E-state index in [1.165, 1.54) is 0 Å². The number of benzene rings is 2. The first kappa shape index (κ1) is 22.4. The van der Waals surface area contributed by atoms with Crippen LogP contribution in [-0.2, 0) is 14.3 Å². The number of thioether (sulfide) groups is 1. The molecule has 32 heavy (non-hydrogen) atoms. The molecule has 0 unspecified atom stereocenters. The normalized spacial score (nSPS) is 18.3. The largest absolute Gasteiger partial charge is 0.465 e. The minimum atomic E-state index is -0.965. The van der Waals surface area contributed by atoms with E-state index in [4.69, 9.17) is 9.72 Å². The van der Waals surface area contributed by atoms with Gasteiger partial charge in [-0.3, -0.25) is 14.5 Å². The van der Waals surface area contributed by atoms with Gasteiger partial charge in [-0.2, -0.15) is 0 Å². The molecule has 2 atom stereocenters. The molecule has 7 heteroatoms. The van der Waals surface area contributed by atoms with Gasteiger partial charge in [0.15, 0.2) is 5.92 Å². The zero-order valence-electron chi connectivity index (χ0n) is 18.9. The predicted octanol–water partition coefficient (Wildman–Crippen LogP) is 4.92. The van der Waals surface area contributed by atoms with Crippen LogP contribution in [0.15, 0.2) is 53.4 Å². The Kier molecular flexibility index (Phi) is 6.55. The van der Waals surface area contributed by atoms with E-state index in [0.29, 0.717) is 18.4 Å². The van der Waals surface area contributed by atoms with Crippen LogP contribution >= 0.6 is 11.8 Å². The van der Waals surface area contributed by atoms with Gasteiger partial charge in [0.1, 0.15) is 0 Å². The van der Waals surface area contributed by atoms with Gasteiger partial charge in [0.05, 0.1) is 23.7 Å². The van der Waals surface area contributed by atoms with Crippen LogP contribution in [0.1, 0.15) is 38.8 Å². The molecule has 0 spiro atoms. The average Bonchev–Trinajstić information content (AvgIpc) is 3.17. The van der Waals surface area contributed by atoms with Crippen LogP contribution in [0.25, 0.3) is 11.0 Å². The first-order valence-corrected chi connectivity index (χ1v) is 12.3. The van der Waals surface area contributed by atoms with E-state index in [0.717, 1.165) is 27.9 Å². The number of nitrogens with zero attached hydrogens (tertiary/aromatic N) is 3. The average molecular weight is 452 g/mol. The lowest BCUT2D eigenvalue weighted by Crippen LogP contribution is -2.50. The lowest BCUT2D eigenvalue weighted by molar-refractivity contribution is -0.153. The smallest absolute Gasteiger partial charge is 0.321 e. The number of carbonyl (C=O) groups is 2. The number of aromatic nitrogens is 2. The SMILES string of the molecule is CCOC(=O)[C@H]1C(=O)N(CCC(C)C)c2nc3ccccc3n2[C@H]1c1ccc(SC)cc1. The van der Waals surface area contributed by atoms with Gasteiger partial charge in [-0.1, -0.05) is 38.1 Å². The summed E-state index contributed by atoms with van der Waals surface area (Å²) >= 11 is 1.65. The van der Waals surface area contributed by atoms with Crippen molar-refractivity contribution in [3.05, 3.63) is 54.1 Å². The molecule has 1 aromatic heterocycles. The third-order valence-corrected chi connectivity index (χ3v) is 6.62. The molecular weight excluding hydrogens is 422 g/mol. The van der Waals surface area contributed by atoms with Crippen molar-refractivity contribution in [2.45, 2.75) is 38.1 Å². The molecule has 0 radical (unpaired) electrons. The van der Waals surface area contributed by atoms with Crippen molar-refractivity contribution < 1.29 is 14.3 Å². The Morgan fingerprint density at radius 2 is 1.88 bits per heavy atom. The maximum atomic E-state index is 13.8. The summed E-state index contributed by atoms with van der Waals surface area (Å²) in [5.74, 6) is -0.692. The van der Waals surface area contributed by atoms with E-state index in [1.807, 2.05) is 59.4 Å². The van der Waals surface area contributed by atoms with E-state index in [-0.39, 0.29) is 12.5 Å². The molecule has 4 rings (SSSR count). The second kappa shape index (κ2) is 9.36. The molecule has 0 bridgehead atoms. The van der Waals surface area contributed by atoms with E-state index >= 15 is 0 Å². The molecule has 2 aromatic carbocycles. The fraction of sp³-hybridized carbons (Fsp3) is 0.400. The summed E-state index contributed by atoms with van der Waals surface area (Å²) in [7, 11) is 0. The Hall–Kier alpha value is -2.80. The molecular formula is C25H29N3O3S. The summed E-state index contributed by atoms with van der Waals surface area (Å²) in [6, 6.07) is 15.4. The van der Waals surface area contributed by atoms with Gasteiger partial charge >= 0.3 is 5.97 Å². The van der Waals surface area contributed by atoms with E-state index in [1.54, 1.807) is 23.6 Å². The third kappa shape index (κ3) is 4.01. The third-order valence-electron chi connectivity index (χ3n) is 5.87. The standard InChI is InChI=1S/C25H29N3O3S/c1-5-31-24(30)21-22(17-10-12-18(32-4)13-11-17)28-20-9-7-6-8-19(20)26-25(28)27(23(21)29)15-14-16(2)3/h6-13,16,21-22H,5,14-15H2,1-4H3/t21-,22+/m1/s1. The lowest BCUT2D eigenvalue weighted by Gasteiger charge is -2.38. The fourth-order valence-corrected chi connectivity index (χ4v) is 4.66. The van der Waals surface area contributed by atoms with Crippen molar-refractivity contribution in [2.24, 2.45) is 11.8 Å². The van der Waals surface area contributed by atoms with Crippen molar-refractivity contribution in [1.82, 2.24) is 9.55 Å². The van der Waals surface area contributed by atoms with Crippen LogP contribution < -0.4 is 4.90 Å². The van der Waals surface area contributed by atoms with Gasteiger partial charge in [0.25, 0.3) is 0 Å². The Balaban J connectivity index is 1.94. The van der Waals surface area contributed by atoms with Crippen LogP contribution in [0.4, 0.5) is 5.95 Å². The van der Waals surface area contributed by atoms with Crippen molar-refractivity contribution in [3.63, 3.8) is 0 Å². The molecule has 0 N–H and O–H groups in total. The number of amides is 1. The predicted molar refractivity (Wildman–Crippen MR) is 128 cm³/mol. The molecule has 168 valence electrons. The second-order valence-electron chi connectivity index (χ2n) is 8.39. The highest BCUT2D eigenvalue weighted by Crippen LogP contribution is 2.41. The first-order chi connectivity index (χ1) is 15.5. The number of fused-ring (bicyclic) bond motifs is 3. The quantitative estimate of drug-likeness (QED) is 0.290. The minimum Gasteiger partial charge on any atom is -0.465 e. The summed E-state index contributed by atoms with van der Waals surface area (Å²) in [6.07, 6.45) is 2.84. The van der Waals surface area contributed by atoms with Gasteiger partial charge in [-0.15, -0.1) is 11.8 Å². The number of carbonyl (C=O) groups excluding carboxylic acids is 2. The topological polar surface area (TPSA) is 64.4 Å². The highest BCUT2D eigenvalue weighted by Gasteiger charge is 2.47. The number of ether oxygens (including phenoxy) is 1. The summed E-state index contributed by atoms with van der Waals surface area (Å²) in [5, 5.41) is 0. The van der Waals surface area contributed by atoms with Gasteiger partial charge in [-0.05, 0) is 55.3 Å². The maximum absolute atomic E-state index is 13.8. The number of hydrogen-bond donors (Lipinski definition) is 0. The highest BCUT2D eigenvalue weighted by molar-refractivity contribution is 7.98. The van der Waals surface area contributed by atoms with Gasteiger partial charge in [-0.25, -0.2) is 4.98 Å². The van der Waals surface area contributed by atoms with Crippen molar-refractivity contribution in [1.29, 1.82) is 0 Å². The van der Waals surface area contributed by atoms with Crippen LogP contribution in [0.5, 0.6) is 0 Å². The summed E-state index contributed by atoms with van der Waals surface area (Å²) < 4.78 is 7.45. The van der Waals surface area contributed by atoms with Crippen LogP contribution in [0.2, 0.25) is 0 Å². The molecule has 6 nitrogen and oxygen atoms in total. The zero-order valence-corrected chi connectivity index (χ0v) is 19.8. The molecule has 3 aromatic rings. The van der Waals surface area contributed by atoms with E-state index in [2.05, 4.69) is 13.8 Å². The highest BCUT2D eigenvalue weighted by atomic mass is 32.2. The Labute approximate surface area is 193 Å². The Morgan fingerprint density at radius 3 is 2.53 bits per heavy atom. The molecule has 1 aliphatic heterocycles. The lowest BCUT2D eigenvalue weighted by atomic mass is 9.89. The maximum Gasteiger partial charge on any atom is 0.321 e. The molecule has 1 amide bonds. The number of para-hydroxylation sites is 2. The number of anilines is 1. The first-order valence-electron chi connectivity index (χ1n) is 11.0. The minimum absolute atomic E-state index is 0.226. The van der Waals surface area contributed by atoms with E-state index in [9.17, 15) is 9.59 Å². The fourth-order valence-electron chi connectivity index (χ4n) is 4.25. The zero-order chi connectivity index (χ0) is 22.8. The molecule has 1 aliphatic rings. The number of hydrogen-bond acceptors (Lipinski definition) is 5. The van der Waals surface area contributed by atoms with Crippen LogP contribution in [-0.4, -0.2) is 40.8 Å². The molecule has 0 saturated heterocycles. The van der Waals surface area contributed by atoms with Gasteiger partial charge in [0, 0.05) is 11.4 Å². The Morgan fingerprint density at radius 1 is 1.16 bits per heavy atom. The van der Waals surface area contributed by atoms with Crippen molar-refractivity contribution >= 4 is 40.6 Å². The van der Waals surface area contributed by atoms with E-state index < -0.39 is 17.9 Å². The summed E-state index contributed by atoms with van der Waals surface area (Å²) in [5.41, 5.74) is 2.60. The number of rotatable bonds is 7. The van der Waals surface area contributed by atoms with Gasteiger partial charge in [0.2, 0.25) is 11.9 Å². The second-order valence-corrected chi connectivity index (χ2v) is 9.27. The van der Waals surface area contributed by atoms with Crippen molar-refractivity contribution in [3.8, 4) is 0 Å². The molecule has 0 saturated carbocycles. The molecule has 2 heterocycles. The molecule has 0 aliphatic carbocycles. The summed E-state index contributed by atoms with van der Waals surface area (Å²) in [6.45, 7) is 6.74. The van der Waals surface area contributed by atoms with Crippen molar-refractivity contribution in [2.75, 3.05) is 24.3 Å². The van der Waals surface area contributed by atoms with Crippen LogP contribution in [0.3, 0.4) is 0 Å². The monoisotopic (exact) mass is 451 g/mol. The van der Waals surface area contributed by atoms with Crippen LogP contribution in [0, 0.1) is 11.8 Å².